The van der Waals surface area contributed by atoms with E-state index in [0.717, 1.165) is 0 Å². The number of para-hydroxylation sites is 2. The lowest BCUT2D eigenvalue weighted by Gasteiger charge is -2.12. The molecule has 0 saturated heterocycles. The number of hydrogen-bond donors (Lipinski definition) is 2. The molecule has 0 unspecified atom stereocenters. The molecule has 2 rings (SSSR count). The van der Waals surface area contributed by atoms with Gasteiger partial charge in [0.2, 0.25) is 0 Å². The van der Waals surface area contributed by atoms with Gasteiger partial charge in [0.25, 0.3) is 0 Å². The minimum absolute atomic E-state index is 0.0206. The van der Waals surface area contributed by atoms with Gasteiger partial charge in [0, 0.05) is 12.1 Å². The highest BCUT2D eigenvalue weighted by Gasteiger charge is 2.06. The second kappa shape index (κ2) is 8.63. The first-order valence-electron chi connectivity index (χ1n) is 7.30. The number of amides is 2. The molecule has 2 N–H and O–H groups in total. The fourth-order valence-electron chi connectivity index (χ4n) is 1.90. The smallest absolute Gasteiger partial charge is 0.317 e. The lowest BCUT2D eigenvalue weighted by molar-refractivity contribution is 0.219. The minimum Gasteiger partial charge on any atom is -0.490 e. The summed E-state index contributed by atoms with van der Waals surface area (Å²) in [4.78, 5) is 11.7. The number of urea groups is 1. The maximum Gasteiger partial charge on any atom is 0.317 e. The molecule has 0 saturated carbocycles. The summed E-state index contributed by atoms with van der Waals surface area (Å²) in [5, 5.41) is 5.10. The number of carbonyl (C=O) groups excluding carboxylic acids is 1. The van der Waals surface area contributed by atoms with Crippen LogP contribution in [0.15, 0.2) is 48.5 Å². The molecular formula is C17H19FN2O3. The molecular weight excluding hydrogens is 299 g/mol. The molecule has 0 bridgehead atoms. The Hall–Kier alpha value is -2.76. The van der Waals surface area contributed by atoms with Crippen molar-refractivity contribution in [1.82, 2.24) is 10.6 Å². The summed E-state index contributed by atoms with van der Waals surface area (Å²) in [7, 11) is 0. The van der Waals surface area contributed by atoms with Crippen molar-refractivity contribution in [3.63, 3.8) is 0 Å². The lowest BCUT2D eigenvalue weighted by Crippen LogP contribution is -2.37. The molecule has 0 aliphatic heterocycles. The minimum atomic E-state index is -0.442. The largest absolute Gasteiger partial charge is 0.490 e. The number of rotatable bonds is 7. The van der Waals surface area contributed by atoms with Gasteiger partial charge in [-0.25, -0.2) is 9.18 Å². The van der Waals surface area contributed by atoms with Crippen LogP contribution in [-0.2, 0) is 6.54 Å². The van der Waals surface area contributed by atoms with E-state index in [4.69, 9.17) is 9.47 Å². The monoisotopic (exact) mass is 318 g/mol. The second-order valence-corrected chi connectivity index (χ2v) is 4.62. The highest BCUT2D eigenvalue weighted by Crippen LogP contribution is 2.25. The van der Waals surface area contributed by atoms with Gasteiger partial charge in [-0.15, -0.1) is 0 Å². The van der Waals surface area contributed by atoms with E-state index in [1.807, 2.05) is 19.1 Å². The first kappa shape index (κ1) is 16.6. The quantitative estimate of drug-likeness (QED) is 0.771. The van der Waals surface area contributed by atoms with E-state index in [2.05, 4.69) is 10.6 Å². The second-order valence-electron chi connectivity index (χ2n) is 4.62. The highest BCUT2D eigenvalue weighted by atomic mass is 19.1. The molecule has 0 radical (unpaired) electrons. The Morgan fingerprint density at radius 1 is 1.00 bits per heavy atom. The third-order valence-corrected chi connectivity index (χ3v) is 3.01. The molecule has 0 aliphatic rings. The van der Waals surface area contributed by atoms with Gasteiger partial charge in [0.05, 0.1) is 6.61 Å². The average Bonchev–Trinajstić information content (AvgIpc) is 2.56. The van der Waals surface area contributed by atoms with Crippen molar-refractivity contribution in [2.45, 2.75) is 13.5 Å². The number of hydrogen-bond acceptors (Lipinski definition) is 3. The molecule has 0 spiro atoms. The summed E-state index contributed by atoms with van der Waals surface area (Å²) < 4.78 is 24.3. The SMILES string of the molecule is CCOc1ccccc1OCNC(=O)NCc1ccccc1F. The Morgan fingerprint density at radius 2 is 1.65 bits per heavy atom. The number of halogens is 1. The maximum absolute atomic E-state index is 13.4. The number of nitrogens with one attached hydrogen (secondary N) is 2. The Kier molecular flexibility index (Phi) is 6.23. The summed E-state index contributed by atoms with van der Waals surface area (Å²) in [6, 6.07) is 13.0. The Bertz CT molecular complexity index is 649. The summed E-state index contributed by atoms with van der Waals surface area (Å²) >= 11 is 0. The van der Waals surface area contributed by atoms with E-state index in [9.17, 15) is 9.18 Å². The molecule has 0 fully saturated rings. The van der Waals surface area contributed by atoms with Crippen molar-refractivity contribution in [3.8, 4) is 11.5 Å². The normalized spacial score (nSPS) is 10.0. The van der Waals surface area contributed by atoms with Gasteiger partial charge < -0.3 is 20.1 Å². The molecule has 2 amide bonds. The standard InChI is InChI=1S/C17H19FN2O3/c1-2-22-15-9-5-6-10-16(15)23-12-20-17(21)19-11-13-7-3-4-8-14(13)18/h3-10H,2,11-12H2,1H3,(H2,19,20,21). The zero-order chi connectivity index (χ0) is 16.5. The van der Waals surface area contributed by atoms with Crippen LogP contribution in [0.25, 0.3) is 0 Å². The van der Waals surface area contributed by atoms with Crippen molar-refractivity contribution >= 4 is 6.03 Å². The van der Waals surface area contributed by atoms with E-state index in [1.54, 1.807) is 30.3 Å². The zero-order valence-corrected chi connectivity index (χ0v) is 12.8. The van der Waals surface area contributed by atoms with E-state index >= 15 is 0 Å². The molecule has 0 aliphatic carbocycles. The van der Waals surface area contributed by atoms with E-state index in [-0.39, 0.29) is 19.1 Å². The van der Waals surface area contributed by atoms with Gasteiger partial charge >= 0.3 is 6.03 Å². The molecule has 23 heavy (non-hydrogen) atoms. The van der Waals surface area contributed by atoms with Crippen LogP contribution < -0.4 is 20.1 Å². The molecule has 5 nitrogen and oxygen atoms in total. The summed E-state index contributed by atoms with van der Waals surface area (Å²) in [6.45, 7) is 2.49. The van der Waals surface area contributed by atoms with Crippen molar-refractivity contribution < 1.29 is 18.7 Å². The highest BCUT2D eigenvalue weighted by molar-refractivity contribution is 5.73. The van der Waals surface area contributed by atoms with E-state index in [1.165, 1.54) is 6.07 Å². The van der Waals surface area contributed by atoms with Gasteiger partial charge in [-0.2, -0.15) is 0 Å². The first-order chi connectivity index (χ1) is 11.2. The molecule has 0 heterocycles. The van der Waals surface area contributed by atoms with Crippen LogP contribution in [0.4, 0.5) is 9.18 Å². The predicted molar refractivity (Wildman–Crippen MR) is 84.9 cm³/mol. The molecule has 2 aromatic rings. The van der Waals surface area contributed by atoms with Crippen LogP contribution in [0.1, 0.15) is 12.5 Å². The third kappa shape index (κ3) is 5.18. The van der Waals surface area contributed by atoms with Crippen LogP contribution in [0, 0.1) is 5.82 Å². The summed E-state index contributed by atoms with van der Waals surface area (Å²) in [5.74, 6) is 0.807. The van der Waals surface area contributed by atoms with Crippen LogP contribution in [0.3, 0.4) is 0 Å². The number of benzene rings is 2. The topological polar surface area (TPSA) is 59.6 Å². The van der Waals surface area contributed by atoms with E-state index < -0.39 is 6.03 Å². The number of carbonyl (C=O) groups is 1. The van der Waals surface area contributed by atoms with Crippen LogP contribution in [-0.4, -0.2) is 19.4 Å². The third-order valence-electron chi connectivity index (χ3n) is 3.01. The Labute approximate surface area is 134 Å². The fourth-order valence-corrected chi connectivity index (χ4v) is 1.90. The zero-order valence-electron chi connectivity index (χ0n) is 12.8. The van der Waals surface area contributed by atoms with Crippen molar-refractivity contribution in [2.24, 2.45) is 0 Å². The van der Waals surface area contributed by atoms with Gasteiger partial charge in [-0.1, -0.05) is 30.3 Å². The lowest BCUT2D eigenvalue weighted by atomic mass is 10.2. The van der Waals surface area contributed by atoms with Crippen molar-refractivity contribution in [2.75, 3.05) is 13.3 Å². The van der Waals surface area contributed by atoms with Gasteiger partial charge in [0.1, 0.15) is 5.82 Å². The van der Waals surface area contributed by atoms with Crippen LogP contribution >= 0.6 is 0 Å². The number of ether oxygens (including phenoxy) is 2. The van der Waals surface area contributed by atoms with Gasteiger partial charge in [-0.05, 0) is 25.1 Å². The fraction of sp³-hybridized carbons (Fsp3) is 0.235. The van der Waals surface area contributed by atoms with Gasteiger partial charge in [0.15, 0.2) is 18.2 Å². The summed E-state index contributed by atoms with van der Waals surface area (Å²) in [6.07, 6.45) is 0. The molecule has 6 heteroatoms. The molecule has 0 atom stereocenters. The van der Waals surface area contributed by atoms with Crippen molar-refractivity contribution in [3.05, 3.63) is 59.9 Å². The average molecular weight is 318 g/mol. The predicted octanol–water partition coefficient (Wildman–Crippen LogP) is 3.06. The van der Waals surface area contributed by atoms with Gasteiger partial charge in [-0.3, -0.25) is 0 Å². The Morgan fingerprint density at radius 3 is 2.35 bits per heavy atom. The Balaban J connectivity index is 1.76. The first-order valence-corrected chi connectivity index (χ1v) is 7.30. The van der Waals surface area contributed by atoms with Crippen LogP contribution in [0.5, 0.6) is 11.5 Å². The van der Waals surface area contributed by atoms with Crippen molar-refractivity contribution in [1.29, 1.82) is 0 Å². The molecule has 2 aromatic carbocycles. The van der Waals surface area contributed by atoms with Crippen LogP contribution in [0.2, 0.25) is 0 Å². The molecule has 122 valence electrons. The summed E-state index contributed by atoms with van der Waals surface area (Å²) in [5.41, 5.74) is 0.422. The maximum atomic E-state index is 13.4. The van der Waals surface area contributed by atoms with E-state index in [0.29, 0.717) is 23.7 Å². The molecule has 0 aromatic heterocycles.